The predicted molar refractivity (Wildman–Crippen MR) is 66.6 cm³/mol. The van der Waals surface area contributed by atoms with Crippen LogP contribution in [0.15, 0.2) is 24.3 Å². The second-order valence-corrected chi connectivity index (χ2v) is 5.18. The smallest absolute Gasteiger partial charge is 0.374 e. The van der Waals surface area contributed by atoms with Gasteiger partial charge >= 0.3 is 5.51 Å². The van der Waals surface area contributed by atoms with Gasteiger partial charge in [0.2, 0.25) is 0 Å². The van der Waals surface area contributed by atoms with Gasteiger partial charge in [-0.15, -0.1) is 0 Å². The molecule has 1 N–H and O–H groups in total. The molecule has 0 aliphatic rings. The van der Waals surface area contributed by atoms with Gasteiger partial charge in [-0.2, -0.15) is 17.5 Å². The lowest BCUT2D eigenvalue weighted by atomic mass is 10.2. The van der Waals surface area contributed by atoms with Crippen LogP contribution in [0.2, 0.25) is 0 Å². The molecular formula is C10H9F3N2S2. The zero-order valence-corrected chi connectivity index (χ0v) is 10.3. The van der Waals surface area contributed by atoms with Gasteiger partial charge in [0, 0.05) is 17.7 Å². The minimum absolute atomic E-state index is 0.00424. The lowest BCUT2D eigenvalue weighted by molar-refractivity contribution is -0.0327. The third-order valence-corrected chi connectivity index (χ3v) is 3.61. The summed E-state index contributed by atoms with van der Waals surface area (Å²) in [6.07, 6.45) is 0. The highest BCUT2D eigenvalue weighted by Crippen LogP contribution is 2.31. The Kier molecular flexibility index (Phi) is 3.78. The van der Waals surface area contributed by atoms with E-state index in [4.69, 9.17) is 0 Å². The van der Waals surface area contributed by atoms with Crippen LogP contribution in [-0.2, 0) is 0 Å². The van der Waals surface area contributed by atoms with Crippen molar-refractivity contribution in [2.45, 2.75) is 5.51 Å². The van der Waals surface area contributed by atoms with E-state index in [0.717, 1.165) is 15.9 Å². The Labute approximate surface area is 104 Å². The Balaban J connectivity index is 1.91. The molecule has 0 amide bonds. The molecule has 1 aromatic heterocycles. The molecule has 92 valence electrons. The topological polar surface area (TPSA) is 24.9 Å². The largest absolute Gasteiger partial charge is 0.441 e. The number of nitrogens with zero attached hydrogens (tertiary/aromatic N) is 1. The van der Waals surface area contributed by atoms with E-state index in [1.807, 2.05) is 24.3 Å². The normalized spacial score (nSPS) is 11.9. The van der Waals surface area contributed by atoms with Crippen molar-refractivity contribution in [2.75, 3.05) is 17.6 Å². The summed E-state index contributed by atoms with van der Waals surface area (Å²) in [7, 11) is 0. The average molecular weight is 278 g/mol. The summed E-state index contributed by atoms with van der Waals surface area (Å²) < 4.78 is 39.9. The minimum atomic E-state index is -4.16. The van der Waals surface area contributed by atoms with Crippen LogP contribution in [0.1, 0.15) is 0 Å². The first-order valence-electron chi connectivity index (χ1n) is 4.85. The lowest BCUT2D eigenvalue weighted by Crippen LogP contribution is -2.08. The van der Waals surface area contributed by atoms with E-state index in [2.05, 4.69) is 9.69 Å². The summed E-state index contributed by atoms with van der Waals surface area (Å²) in [5, 5.41) is 4.75. The summed E-state index contributed by atoms with van der Waals surface area (Å²) in [4.78, 5) is 0. The van der Waals surface area contributed by atoms with Crippen LogP contribution in [0.5, 0.6) is 0 Å². The molecule has 2 aromatic rings. The van der Waals surface area contributed by atoms with Crippen molar-refractivity contribution in [3.63, 3.8) is 0 Å². The number of rotatable bonds is 4. The SMILES string of the molecule is FC(F)(F)SCCNc1snc2ccccc12. The Morgan fingerprint density at radius 2 is 2.06 bits per heavy atom. The first-order chi connectivity index (χ1) is 8.06. The number of aromatic nitrogens is 1. The number of nitrogens with one attached hydrogen (secondary N) is 1. The van der Waals surface area contributed by atoms with Gasteiger partial charge in [-0.3, -0.25) is 0 Å². The molecule has 2 nitrogen and oxygen atoms in total. The number of anilines is 1. The lowest BCUT2D eigenvalue weighted by Gasteiger charge is -2.06. The highest BCUT2D eigenvalue weighted by Gasteiger charge is 2.27. The second kappa shape index (κ2) is 5.14. The van der Waals surface area contributed by atoms with E-state index in [1.54, 1.807) is 0 Å². The molecule has 2 rings (SSSR count). The van der Waals surface area contributed by atoms with E-state index >= 15 is 0 Å². The maximum Gasteiger partial charge on any atom is 0.441 e. The van der Waals surface area contributed by atoms with Crippen LogP contribution in [0, 0.1) is 0 Å². The fourth-order valence-electron chi connectivity index (χ4n) is 1.35. The maximum atomic E-state index is 11.9. The van der Waals surface area contributed by atoms with Crippen LogP contribution in [0.4, 0.5) is 18.2 Å². The average Bonchev–Trinajstić information content (AvgIpc) is 2.67. The molecule has 1 heterocycles. The quantitative estimate of drug-likeness (QED) is 0.857. The number of halogens is 3. The molecule has 0 aliphatic heterocycles. The first-order valence-corrected chi connectivity index (χ1v) is 6.61. The third-order valence-electron chi connectivity index (χ3n) is 2.04. The van der Waals surface area contributed by atoms with Crippen molar-refractivity contribution >= 4 is 39.2 Å². The van der Waals surface area contributed by atoms with E-state index < -0.39 is 5.51 Å². The molecule has 0 aliphatic carbocycles. The molecule has 0 saturated heterocycles. The zero-order chi connectivity index (χ0) is 12.3. The van der Waals surface area contributed by atoms with Gasteiger partial charge in [0.05, 0.1) is 5.52 Å². The summed E-state index contributed by atoms with van der Waals surface area (Å²) >= 11 is 1.25. The number of fused-ring (bicyclic) bond motifs is 1. The van der Waals surface area contributed by atoms with Crippen LogP contribution >= 0.6 is 23.3 Å². The zero-order valence-electron chi connectivity index (χ0n) is 8.62. The van der Waals surface area contributed by atoms with Crippen molar-refractivity contribution in [1.29, 1.82) is 0 Å². The minimum Gasteiger partial charge on any atom is -0.374 e. The molecule has 0 fully saturated rings. The van der Waals surface area contributed by atoms with Crippen molar-refractivity contribution in [3.05, 3.63) is 24.3 Å². The molecule has 1 aromatic carbocycles. The van der Waals surface area contributed by atoms with Gasteiger partial charge in [0.25, 0.3) is 0 Å². The first kappa shape index (κ1) is 12.5. The van der Waals surface area contributed by atoms with Gasteiger partial charge in [0.1, 0.15) is 5.00 Å². The van der Waals surface area contributed by atoms with Crippen LogP contribution in [0.25, 0.3) is 10.9 Å². The number of alkyl halides is 3. The van der Waals surface area contributed by atoms with E-state index in [0.29, 0.717) is 0 Å². The van der Waals surface area contributed by atoms with Crippen LogP contribution in [-0.4, -0.2) is 22.2 Å². The Bertz CT molecular complexity index is 496. The van der Waals surface area contributed by atoms with E-state index in [1.165, 1.54) is 11.5 Å². The van der Waals surface area contributed by atoms with Crippen LogP contribution in [0.3, 0.4) is 0 Å². The van der Waals surface area contributed by atoms with Gasteiger partial charge in [-0.05, 0) is 35.4 Å². The molecular weight excluding hydrogens is 269 g/mol. The monoisotopic (exact) mass is 278 g/mol. The highest BCUT2D eigenvalue weighted by atomic mass is 32.2. The molecule has 0 spiro atoms. The van der Waals surface area contributed by atoms with Crippen molar-refractivity contribution < 1.29 is 13.2 Å². The molecule has 0 radical (unpaired) electrons. The standard InChI is InChI=1S/C10H9F3N2S2/c11-10(12,13)16-6-5-14-9-7-3-1-2-4-8(7)15-17-9/h1-4,14H,5-6H2. The molecule has 0 saturated carbocycles. The summed E-state index contributed by atoms with van der Waals surface area (Å²) in [5.41, 5.74) is -3.29. The third kappa shape index (κ3) is 3.50. The molecule has 7 heteroatoms. The van der Waals surface area contributed by atoms with Gasteiger partial charge in [-0.25, -0.2) is 0 Å². The number of thioether (sulfide) groups is 1. The molecule has 0 atom stereocenters. The van der Waals surface area contributed by atoms with Gasteiger partial charge in [-0.1, -0.05) is 12.1 Å². The van der Waals surface area contributed by atoms with Crippen molar-refractivity contribution in [1.82, 2.24) is 4.37 Å². The summed E-state index contributed by atoms with van der Waals surface area (Å²) in [5.74, 6) is -0.00424. The fourth-order valence-corrected chi connectivity index (χ4v) is 2.57. The van der Waals surface area contributed by atoms with Crippen LogP contribution < -0.4 is 5.32 Å². The van der Waals surface area contributed by atoms with Crippen molar-refractivity contribution in [3.8, 4) is 0 Å². The van der Waals surface area contributed by atoms with Gasteiger partial charge in [0.15, 0.2) is 0 Å². The number of hydrogen-bond donors (Lipinski definition) is 1. The second-order valence-electron chi connectivity index (χ2n) is 3.25. The van der Waals surface area contributed by atoms with E-state index in [-0.39, 0.29) is 24.1 Å². The Morgan fingerprint density at radius 3 is 2.82 bits per heavy atom. The molecule has 0 unspecified atom stereocenters. The number of hydrogen-bond acceptors (Lipinski definition) is 4. The van der Waals surface area contributed by atoms with Crippen molar-refractivity contribution in [2.24, 2.45) is 0 Å². The summed E-state index contributed by atoms with van der Waals surface area (Å²) in [6, 6.07) is 7.54. The summed E-state index contributed by atoms with van der Waals surface area (Å²) in [6.45, 7) is 0.274. The van der Waals surface area contributed by atoms with E-state index in [9.17, 15) is 13.2 Å². The molecule has 0 bridgehead atoms. The molecule has 17 heavy (non-hydrogen) atoms. The maximum absolute atomic E-state index is 11.9. The Hall–Kier alpha value is -0.950. The predicted octanol–water partition coefficient (Wildman–Crippen LogP) is 3.96. The van der Waals surface area contributed by atoms with Gasteiger partial charge < -0.3 is 5.32 Å². The Morgan fingerprint density at radius 1 is 1.29 bits per heavy atom. The number of benzene rings is 1. The highest BCUT2D eigenvalue weighted by molar-refractivity contribution is 8.00. The fraction of sp³-hybridized carbons (Fsp3) is 0.300.